The average Bonchev–Trinajstić information content (AvgIpc) is 2.95. The summed E-state index contributed by atoms with van der Waals surface area (Å²) in [5.41, 5.74) is 0. The Hall–Kier alpha value is -1.63. The zero-order valence-electron chi connectivity index (χ0n) is 11.9. The van der Waals surface area contributed by atoms with E-state index in [1.807, 2.05) is 6.92 Å². The molecule has 3 atom stereocenters. The van der Waals surface area contributed by atoms with Crippen molar-refractivity contribution in [2.45, 2.75) is 45.2 Å². The Labute approximate surface area is 118 Å². The second-order valence-corrected chi connectivity index (χ2v) is 5.14. The normalized spacial score (nSPS) is 21.0. The van der Waals surface area contributed by atoms with Gasteiger partial charge < -0.3 is 21.1 Å². The molecular weight excluding hydrogens is 262 g/mol. The lowest BCUT2D eigenvalue weighted by atomic mass is 9.99. The van der Waals surface area contributed by atoms with Gasteiger partial charge in [0.15, 0.2) is 0 Å². The lowest BCUT2D eigenvalue weighted by Crippen LogP contribution is -2.50. The first kappa shape index (κ1) is 16.4. The predicted octanol–water partition coefficient (Wildman–Crippen LogP) is -0.530. The Morgan fingerprint density at radius 1 is 1.40 bits per heavy atom. The highest BCUT2D eigenvalue weighted by atomic mass is 16.4. The molecule has 114 valence electrons. The number of carboxylic acid groups (broad SMARTS) is 1. The van der Waals surface area contributed by atoms with Gasteiger partial charge in [0.1, 0.15) is 6.04 Å². The molecule has 0 spiro atoms. The Kier molecular flexibility index (Phi) is 6.44. The molecule has 1 rings (SSSR count). The zero-order valence-corrected chi connectivity index (χ0v) is 11.9. The molecule has 20 heavy (non-hydrogen) atoms. The number of hydrogen-bond acceptors (Lipinski definition) is 4. The van der Waals surface area contributed by atoms with Crippen LogP contribution in [0.1, 0.15) is 33.1 Å². The van der Waals surface area contributed by atoms with Crippen LogP contribution in [0, 0.1) is 5.92 Å². The number of carbonyl (C=O) groups is 3. The molecule has 7 nitrogen and oxygen atoms in total. The summed E-state index contributed by atoms with van der Waals surface area (Å²) < 4.78 is 0. The molecule has 0 unspecified atom stereocenters. The van der Waals surface area contributed by atoms with E-state index in [0.717, 1.165) is 19.4 Å². The molecule has 1 fully saturated rings. The summed E-state index contributed by atoms with van der Waals surface area (Å²) in [6.07, 6.45) is 2.35. The van der Waals surface area contributed by atoms with Gasteiger partial charge in [-0.25, -0.2) is 4.79 Å². The minimum Gasteiger partial charge on any atom is -0.480 e. The van der Waals surface area contributed by atoms with Gasteiger partial charge in [0, 0.05) is 0 Å². The zero-order chi connectivity index (χ0) is 15.1. The molecule has 0 aromatic heterocycles. The Balaban J connectivity index is 2.37. The topological polar surface area (TPSA) is 108 Å². The van der Waals surface area contributed by atoms with Crippen LogP contribution in [0.15, 0.2) is 0 Å². The number of carboxylic acids is 1. The first-order chi connectivity index (χ1) is 9.45. The molecule has 0 aromatic rings. The van der Waals surface area contributed by atoms with Gasteiger partial charge >= 0.3 is 5.97 Å². The van der Waals surface area contributed by atoms with E-state index in [1.165, 1.54) is 0 Å². The van der Waals surface area contributed by atoms with Crippen molar-refractivity contribution in [3.8, 4) is 0 Å². The molecule has 1 aliphatic heterocycles. The second kappa shape index (κ2) is 7.84. The Bertz CT molecular complexity index is 367. The molecule has 2 amide bonds. The monoisotopic (exact) mass is 285 g/mol. The van der Waals surface area contributed by atoms with E-state index in [0.29, 0.717) is 6.42 Å². The van der Waals surface area contributed by atoms with Crippen molar-refractivity contribution in [2.75, 3.05) is 13.1 Å². The maximum atomic E-state index is 11.7. The molecule has 4 N–H and O–H groups in total. The van der Waals surface area contributed by atoms with Gasteiger partial charge in [-0.15, -0.1) is 0 Å². The maximum Gasteiger partial charge on any atom is 0.326 e. The van der Waals surface area contributed by atoms with Crippen molar-refractivity contribution in [1.82, 2.24) is 16.0 Å². The van der Waals surface area contributed by atoms with E-state index in [4.69, 9.17) is 5.11 Å². The third-order valence-corrected chi connectivity index (χ3v) is 3.60. The first-order valence-electron chi connectivity index (χ1n) is 6.99. The number of nitrogens with one attached hydrogen (secondary N) is 3. The van der Waals surface area contributed by atoms with Crippen LogP contribution >= 0.6 is 0 Å². The van der Waals surface area contributed by atoms with E-state index in [-0.39, 0.29) is 24.4 Å². The highest BCUT2D eigenvalue weighted by Gasteiger charge is 2.26. The van der Waals surface area contributed by atoms with E-state index < -0.39 is 17.9 Å². The van der Waals surface area contributed by atoms with Crippen LogP contribution in [0.5, 0.6) is 0 Å². The lowest BCUT2D eigenvalue weighted by molar-refractivity contribution is -0.143. The van der Waals surface area contributed by atoms with Crippen LogP contribution in [-0.4, -0.2) is 48.1 Å². The molecule has 0 radical (unpaired) electrons. The number of amides is 2. The summed E-state index contributed by atoms with van der Waals surface area (Å²) in [5, 5.41) is 17.0. The molecule has 0 saturated carbocycles. The summed E-state index contributed by atoms with van der Waals surface area (Å²) >= 11 is 0. The van der Waals surface area contributed by atoms with Gasteiger partial charge in [0.2, 0.25) is 11.8 Å². The fourth-order valence-electron chi connectivity index (χ4n) is 2.11. The third-order valence-electron chi connectivity index (χ3n) is 3.60. The van der Waals surface area contributed by atoms with Gasteiger partial charge in [-0.3, -0.25) is 9.59 Å². The number of aliphatic carboxylic acids is 1. The fourth-order valence-corrected chi connectivity index (χ4v) is 2.11. The van der Waals surface area contributed by atoms with E-state index in [9.17, 15) is 14.4 Å². The average molecular weight is 285 g/mol. The van der Waals surface area contributed by atoms with Crippen molar-refractivity contribution >= 4 is 17.8 Å². The molecule has 7 heteroatoms. The summed E-state index contributed by atoms with van der Waals surface area (Å²) in [6, 6.07) is -1.17. The van der Waals surface area contributed by atoms with Gasteiger partial charge in [0.05, 0.1) is 12.6 Å². The van der Waals surface area contributed by atoms with Crippen molar-refractivity contribution in [2.24, 2.45) is 5.92 Å². The summed E-state index contributed by atoms with van der Waals surface area (Å²) in [4.78, 5) is 34.4. The van der Waals surface area contributed by atoms with Crippen LogP contribution in [0.4, 0.5) is 0 Å². The molecule has 0 bridgehead atoms. The summed E-state index contributed by atoms with van der Waals surface area (Å²) in [7, 11) is 0. The predicted molar refractivity (Wildman–Crippen MR) is 73.1 cm³/mol. The van der Waals surface area contributed by atoms with Crippen LogP contribution in [0.2, 0.25) is 0 Å². The van der Waals surface area contributed by atoms with Gasteiger partial charge in [-0.05, 0) is 25.3 Å². The molecule has 1 heterocycles. The highest BCUT2D eigenvalue weighted by molar-refractivity contribution is 5.89. The smallest absolute Gasteiger partial charge is 0.326 e. The fraction of sp³-hybridized carbons (Fsp3) is 0.769. The van der Waals surface area contributed by atoms with Crippen LogP contribution in [0.3, 0.4) is 0 Å². The summed E-state index contributed by atoms with van der Waals surface area (Å²) in [6.45, 7) is 4.23. The number of hydrogen-bond donors (Lipinski definition) is 4. The third kappa shape index (κ3) is 4.80. The SMILES string of the molecule is CC[C@H](C)[C@H](NC(=O)CNC(=O)[C@@H]1CCCN1)C(=O)O. The van der Waals surface area contributed by atoms with Gasteiger partial charge in [0.25, 0.3) is 0 Å². The molecule has 0 aromatic carbocycles. The number of carbonyl (C=O) groups excluding carboxylic acids is 2. The van der Waals surface area contributed by atoms with E-state index in [1.54, 1.807) is 6.92 Å². The van der Waals surface area contributed by atoms with Gasteiger partial charge in [-0.1, -0.05) is 20.3 Å². The summed E-state index contributed by atoms with van der Waals surface area (Å²) in [5.74, 6) is -1.92. The molecule has 0 aliphatic carbocycles. The second-order valence-electron chi connectivity index (χ2n) is 5.14. The lowest BCUT2D eigenvalue weighted by Gasteiger charge is -2.20. The van der Waals surface area contributed by atoms with Crippen LogP contribution < -0.4 is 16.0 Å². The largest absolute Gasteiger partial charge is 0.480 e. The van der Waals surface area contributed by atoms with Crippen LogP contribution in [0.25, 0.3) is 0 Å². The molecule has 1 aliphatic rings. The van der Waals surface area contributed by atoms with Crippen molar-refractivity contribution < 1.29 is 19.5 Å². The molecule has 1 saturated heterocycles. The highest BCUT2D eigenvalue weighted by Crippen LogP contribution is 2.07. The minimum atomic E-state index is -1.06. The minimum absolute atomic E-state index is 0.163. The van der Waals surface area contributed by atoms with Crippen molar-refractivity contribution in [3.63, 3.8) is 0 Å². The van der Waals surface area contributed by atoms with Crippen molar-refractivity contribution in [3.05, 3.63) is 0 Å². The maximum absolute atomic E-state index is 11.7. The Morgan fingerprint density at radius 3 is 2.60 bits per heavy atom. The van der Waals surface area contributed by atoms with Crippen molar-refractivity contribution in [1.29, 1.82) is 0 Å². The van der Waals surface area contributed by atoms with Crippen LogP contribution in [-0.2, 0) is 14.4 Å². The van der Waals surface area contributed by atoms with Gasteiger partial charge in [-0.2, -0.15) is 0 Å². The van der Waals surface area contributed by atoms with E-state index >= 15 is 0 Å². The number of rotatable bonds is 7. The molecular formula is C13H23N3O4. The Morgan fingerprint density at radius 2 is 2.10 bits per heavy atom. The van der Waals surface area contributed by atoms with E-state index in [2.05, 4.69) is 16.0 Å². The quantitative estimate of drug-likeness (QED) is 0.503. The first-order valence-corrected chi connectivity index (χ1v) is 6.99. The standard InChI is InChI=1S/C13H23N3O4/c1-3-8(2)11(13(19)20)16-10(17)7-15-12(18)9-5-4-6-14-9/h8-9,11,14H,3-7H2,1-2H3,(H,15,18)(H,16,17)(H,19,20)/t8-,9-,11-/m0/s1.